The van der Waals surface area contributed by atoms with Crippen molar-refractivity contribution in [3.05, 3.63) is 46.0 Å². The molecule has 0 radical (unpaired) electrons. The van der Waals surface area contributed by atoms with E-state index in [1.807, 2.05) is 28.9 Å². The van der Waals surface area contributed by atoms with Crippen molar-refractivity contribution in [3.63, 3.8) is 0 Å². The molecule has 184 valence electrons. The summed E-state index contributed by atoms with van der Waals surface area (Å²) in [5.41, 5.74) is 1.20. The maximum Gasteiger partial charge on any atom is 0.252 e. The Hall–Kier alpha value is -2.78. The fourth-order valence-electron chi connectivity index (χ4n) is 4.63. The van der Waals surface area contributed by atoms with Gasteiger partial charge in [0, 0.05) is 36.2 Å². The minimum absolute atomic E-state index is 0.0505. The molecule has 2 aromatic heterocycles. The average molecular weight is 469 g/mol. The fourth-order valence-corrected chi connectivity index (χ4v) is 4.63. The van der Waals surface area contributed by atoms with Gasteiger partial charge in [0.25, 0.3) is 5.56 Å². The highest BCUT2D eigenvalue weighted by Crippen LogP contribution is 2.30. The number of methoxy groups -OCH3 is 1. The number of fused-ring (bicyclic) bond motifs is 1. The summed E-state index contributed by atoms with van der Waals surface area (Å²) in [6.45, 7) is 10.5. The summed E-state index contributed by atoms with van der Waals surface area (Å²) in [6.07, 6.45) is 3.93. The van der Waals surface area contributed by atoms with Crippen LogP contribution in [0.25, 0.3) is 10.9 Å². The van der Waals surface area contributed by atoms with Crippen molar-refractivity contribution in [2.45, 2.75) is 77.6 Å². The number of hydrogen-bond acceptors (Lipinski definition) is 7. The van der Waals surface area contributed by atoms with E-state index in [9.17, 15) is 4.79 Å². The molecule has 2 atom stereocenters. The maximum absolute atomic E-state index is 13.0. The smallest absolute Gasteiger partial charge is 0.252 e. The zero-order valence-corrected chi connectivity index (χ0v) is 20.9. The quantitative estimate of drug-likeness (QED) is 0.483. The predicted molar refractivity (Wildman–Crippen MR) is 131 cm³/mol. The lowest BCUT2D eigenvalue weighted by Crippen LogP contribution is -2.39. The number of H-pyrrole nitrogens is 1. The van der Waals surface area contributed by atoms with Gasteiger partial charge in [-0.25, -0.2) is 4.68 Å². The second-order valence-corrected chi connectivity index (χ2v) is 9.68. The van der Waals surface area contributed by atoms with Gasteiger partial charge >= 0.3 is 0 Å². The number of tetrazole rings is 1. The zero-order chi connectivity index (χ0) is 24.3. The summed E-state index contributed by atoms with van der Waals surface area (Å²) in [4.78, 5) is 18.4. The Morgan fingerprint density at radius 3 is 2.82 bits per heavy atom. The largest absolute Gasteiger partial charge is 0.497 e. The first-order chi connectivity index (χ1) is 16.4. The van der Waals surface area contributed by atoms with Crippen LogP contribution in [0.4, 0.5) is 0 Å². The molecule has 1 fully saturated rings. The van der Waals surface area contributed by atoms with Gasteiger partial charge in [-0.3, -0.25) is 9.69 Å². The summed E-state index contributed by atoms with van der Waals surface area (Å²) in [5.74, 6) is 1.58. The topological polar surface area (TPSA) is 98.2 Å². The predicted octanol–water partition coefficient (Wildman–Crippen LogP) is 3.80. The van der Waals surface area contributed by atoms with Gasteiger partial charge in [-0.15, -0.1) is 5.10 Å². The molecule has 1 aromatic carbocycles. The van der Waals surface area contributed by atoms with E-state index in [-0.39, 0.29) is 23.2 Å². The molecular weight excluding hydrogens is 432 g/mol. The van der Waals surface area contributed by atoms with Crippen LogP contribution in [0.1, 0.15) is 70.8 Å². The first-order valence-electron chi connectivity index (χ1n) is 12.2. The Labute approximate surface area is 200 Å². The molecule has 9 nitrogen and oxygen atoms in total. The SMILES string of the molecule is CC[C@H](c1nnnn1C(C)(C)CC)N(Cc1cc2cc(OC)ccc2[nH]c1=O)C[C@@H]1CCCO1. The van der Waals surface area contributed by atoms with Crippen LogP contribution >= 0.6 is 0 Å². The molecule has 0 spiro atoms. The molecule has 9 heteroatoms. The number of ether oxygens (including phenoxy) is 2. The van der Waals surface area contributed by atoms with Crippen molar-refractivity contribution in [2.75, 3.05) is 20.3 Å². The van der Waals surface area contributed by atoms with Crippen molar-refractivity contribution in [2.24, 2.45) is 0 Å². The van der Waals surface area contributed by atoms with Crippen molar-refractivity contribution < 1.29 is 9.47 Å². The molecular formula is C25H36N6O3. The molecule has 1 N–H and O–H groups in total. The molecule has 34 heavy (non-hydrogen) atoms. The molecule has 4 rings (SSSR count). The summed E-state index contributed by atoms with van der Waals surface area (Å²) in [6, 6.07) is 7.58. The lowest BCUT2D eigenvalue weighted by atomic mass is 10.0. The zero-order valence-electron chi connectivity index (χ0n) is 20.9. The van der Waals surface area contributed by atoms with E-state index in [2.05, 4.69) is 53.1 Å². The highest BCUT2D eigenvalue weighted by molar-refractivity contribution is 5.80. The Balaban J connectivity index is 1.72. The molecule has 3 heterocycles. The van der Waals surface area contributed by atoms with Crippen LogP contribution < -0.4 is 10.3 Å². The van der Waals surface area contributed by atoms with E-state index < -0.39 is 0 Å². The third kappa shape index (κ3) is 5.00. The number of benzene rings is 1. The van der Waals surface area contributed by atoms with E-state index in [1.54, 1.807) is 7.11 Å². The Kier molecular flexibility index (Phi) is 7.33. The molecule has 1 saturated heterocycles. The van der Waals surface area contributed by atoms with Crippen molar-refractivity contribution in [3.8, 4) is 5.75 Å². The van der Waals surface area contributed by atoms with Gasteiger partial charge in [0.05, 0.1) is 24.8 Å². The third-order valence-electron chi connectivity index (χ3n) is 7.02. The summed E-state index contributed by atoms with van der Waals surface area (Å²) in [7, 11) is 1.64. The van der Waals surface area contributed by atoms with Gasteiger partial charge in [0.1, 0.15) is 5.75 Å². The van der Waals surface area contributed by atoms with E-state index in [1.165, 1.54) is 0 Å². The van der Waals surface area contributed by atoms with Gasteiger partial charge in [0.2, 0.25) is 0 Å². The standard InChI is InChI=1S/C25H36N6O3/c1-6-22(23-27-28-29-31(23)25(3,4)7-2)30(16-20-9-8-12-34-20)15-18-13-17-14-19(33-5)10-11-21(17)26-24(18)32/h10-11,13-14,20,22H,6-9,12,15-16H2,1-5H3,(H,26,32)/t20-,22+/m0/s1. The van der Waals surface area contributed by atoms with E-state index in [0.717, 1.165) is 54.8 Å². The molecule has 0 amide bonds. The van der Waals surface area contributed by atoms with Crippen molar-refractivity contribution >= 4 is 10.9 Å². The van der Waals surface area contributed by atoms with Crippen molar-refractivity contribution in [1.29, 1.82) is 0 Å². The number of aromatic nitrogens is 5. The van der Waals surface area contributed by atoms with Crippen LogP contribution in [-0.2, 0) is 16.8 Å². The highest BCUT2D eigenvalue weighted by Gasteiger charge is 2.32. The molecule has 1 aliphatic rings. The maximum atomic E-state index is 13.0. The minimum atomic E-state index is -0.210. The Bertz CT molecular complexity index is 1160. The lowest BCUT2D eigenvalue weighted by molar-refractivity contribution is 0.0475. The molecule has 0 bridgehead atoms. The van der Waals surface area contributed by atoms with Gasteiger partial charge in [-0.05, 0) is 74.2 Å². The van der Waals surface area contributed by atoms with Crippen molar-refractivity contribution in [1.82, 2.24) is 30.1 Å². The average Bonchev–Trinajstić information content (AvgIpc) is 3.52. The van der Waals surface area contributed by atoms with Gasteiger partial charge in [0.15, 0.2) is 5.82 Å². The first kappa shape index (κ1) is 24.3. The van der Waals surface area contributed by atoms with Crippen LogP contribution in [0.15, 0.2) is 29.1 Å². The summed E-state index contributed by atoms with van der Waals surface area (Å²) < 4.78 is 13.3. The minimum Gasteiger partial charge on any atom is -0.497 e. The monoisotopic (exact) mass is 468 g/mol. The number of aromatic amines is 1. The van der Waals surface area contributed by atoms with E-state index >= 15 is 0 Å². The highest BCUT2D eigenvalue weighted by atomic mass is 16.5. The fraction of sp³-hybridized carbons (Fsp3) is 0.600. The number of nitrogens with one attached hydrogen (secondary N) is 1. The van der Waals surface area contributed by atoms with Crippen LogP contribution in [-0.4, -0.2) is 56.5 Å². The van der Waals surface area contributed by atoms with Crippen LogP contribution in [0, 0.1) is 0 Å². The molecule has 0 aliphatic carbocycles. The van der Waals surface area contributed by atoms with Crippen LogP contribution in [0.5, 0.6) is 5.75 Å². The second kappa shape index (κ2) is 10.2. The Morgan fingerprint density at radius 2 is 2.15 bits per heavy atom. The van der Waals surface area contributed by atoms with E-state index in [4.69, 9.17) is 9.47 Å². The lowest BCUT2D eigenvalue weighted by Gasteiger charge is -2.34. The van der Waals surface area contributed by atoms with E-state index in [0.29, 0.717) is 18.7 Å². The first-order valence-corrected chi connectivity index (χ1v) is 12.2. The molecule has 0 saturated carbocycles. The number of nitrogens with zero attached hydrogens (tertiary/aromatic N) is 5. The summed E-state index contributed by atoms with van der Waals surface area (Å²) >= 11 is 0. The molecule has 0 unspecified atom stereocenters. The second-order valence-electron chi connectivity index (χ2n) is 9.68. The third-order valence-corrected chi connectivity index (χ3v) is 7.02. The van der Waals surface area contributed by atoms with Gasteiger partial charge in [-0.1, -0.05) is 13.8 Å². The molecule has 1 aliphatic heterocycles. The normalized spacial score (nSPS) is 17.5. The van der Waals surface area contributed by atoms with Crippen LogP contribution in [0.3, 0.4) is 0 Å². The number of rotatable bonds is 10. The Morgan fingerprint density at radius 1 is 1.32 bits per heavy atom. The van der Waals surface area contributed by atoms with Gasteiger partial charge in [-0.2, -0.15) is 0 Å². The number of hydrogen-bond donors (Lipinski definition) is 1. The number of pyridine rings is 1. The van der Waals surface area contributed by atoms with Crippen LogP contribution in [0.2, 0.25) is 0 Å². The molecule has 3 aromatic rings. The van der Waals surface area contributed by atoms with Gasteiger partial charge < -0.3 is 14.5 Å². The summed E-state index contributed by atoms with van der Waals surface area (Å²) in [5, 5.41) is 13.8.